The molecular formula is C26H32FN3O4. The molecule has 0 unspecified atom stereocenters. The summed E-state index contributed by atoms with van der Waals surface area (Å²) in [6.45, 7) is 6.10. The Morgan fingerprint density at radius 3 is 2.35 bits per heavy atom. The van der Waals surface area contributed by atoms with Crippen LogP contribution in [0.3, 0.4) is 0 Å². The molecule has 1 N–H and O–H groups in total. The fraction of sp³-hybridized carbons (Fsp3) is 0.462. The van der Waals surface area contributed by atoms with Crippen molar-refractivity contribution in [3.05, 3.63) is 59.9 Å². The smallest absolute Gasteiger partial charge is 0.243 e. The molecule has 0 aliphatic carbocycles. The lowest BCUT2D eigenvalue weighted by molar-refractivity contribution is -0.143. The van der Waals surface area contributed by atoms with Crippen LogP contribution in [0.5, 0.6) is 0 Å². The molecule has 4 rings (SSSR count). The first-order chi connectivity index (χ1) is 16.5. The van der Waals surface area contributed by atoms with Crippen molar-refractivity contribution in [3.63, 3.8) is 0 Å². The van der Waals surface area contributed by atoms with Crippen LogP contribution in [0.2, 0.25) is 0 Å². The average molecular weight is 470 g/mol. The number of nitrogens with zero attached hydrogens (tertiary/aromatic N) is 2. The zero-order chi connectivity index (χ0) is 24.0. The van der Waals surface area contributed by atoms with E-state index in [1.807, 2.05) is 31.2 Å². The molecule has 2 aromatic rings. The van der Waals surface area contributed by atoms with Gasteiger partial charge in [0.05, 0.1) is 25.2 Å². The van der Waals surface area contributed by atoms with Gasteiger partial charge in [-0.2, -0.15) is 0 Å². The Kier molecular flexibility index (Phi) is 7.80. The summed E-state index contributed by atoms with van der Waals surface area (Å²) in [5.74, 6) is -0.810. The molecular weight excluding hydrogens is 437 g/mol. The van der Waals surface area contributed by atoms with Gasteiger partial charge < -0.3 is 24.6 Å². The van der Waals surface area contributed by atoms with Crippen LogP contribution >= 0.6 is 0 Å². The number of carbonyl (C=O) groups excluding carboxylic acids is 2. The molecule has 2 saturated heterocycles. The van der Waals surface area contributed by atoms with Gasteiger partial charge in [0.1, 0.15) is 5.82 Å². The van der Waals surface area contributed by atoms with Gasteiger partial charge in [0.15, 0.2) is 0 Å². The maximum atomic E-state index is 14.0. The summed E-state index contributed by atoms with van der Waals surface area (Å²) in [5.41, 5.74) is 1.51. The number of likely N-dealkylation sites (N-methyl/N-ethyl adjacent to an activating group) is 1. The number of anilines is 2. The van der Waals surface area contributed by atoms with Crippen LogP contribution in [-0.2, 0) is 24.5 Å². The normalized spacial score (nSPS) is 17.8. The van der Waals surface area contributed by atoms with Crippen LogP contribution < -0.4 is 10.2 Å². The predicted molar refractivity (Wildman–Crippen MR) is 128 cm³/mol. The second kappa shape index (κ2) is 11.0. The summed E-state index contributed by atoms with van der Waals surface area (Å²) in [7, 11) is 0. The number of halogens is 1. The minimum Gasteiger partial charge on any atom is -0.381 e. The van der Waals surface area contributed by atoms with E-state index in [4.69, 9.17) is 9.47 Å². The van der Waals surface area contributed by atoms with Gasteiger partial charge in [-0.15, -0.1) is 0 Å². The summed E-state index contributed by atoms with van der Waals surface area (Å²) in [6, 6.07) is 13.9. The van der Waals surface area contributed by atoms with E-state index in [2.05, 4.69) is 10.2 Å². The molecule has 2 amide bonds. The van der Waals surface area contributed by atoms with Gasteiger partial charge in [0.25, 0.3) is 0 Å². The number of rotatable bonds is 7. The van der Waals surface area contributed by atoms with Crippen LogP contribution in [-0.4, -0.2) is 69.3 Å². The molecule has 8 heteroatoms. The van der Waals surface area contributed by atoms with Gasteiger partial charge in [0.2, 0.25) is 11.8 Å². The number of ether oxygens (including phenoxy) is 2. The van der Waals surface area contributed by atoms with Gasteiger partial charge >= 0.3 is 0 Å². The van der Waals surface area contributed by atoms with E-state index in [1.54, 1.807) is 17.0 Å². The molecule has 0 spiro atoms. The molecule has 2 heterocycles. The third-order valence-electron chi connectivity index (χ3n) is 6.66. The van der Waals surface area contributed by atoms with E-state index in [0.717, 1.165) is 18.8 Å². The first-order valence-corrected chi connectivity index (χ1v) is 11.9. The Labute approximate surface area is 199 Å². The van der Waals surface area contributed by atoms with Crippen molar-refractivity contribution >= 4 is 23.2 Å². The summed E-state index contributed by atoms with van der Waals surface area (Å²) < 4.78 is 24.9. The summed E-state index contributed by atoms with van der Waals surface area (Å²) >= 11 is 0. The maximum Gasteiger partial charge on any atom is 0.243 e. The lowest BCUT2D eigenvalue weighted by atomic mass is 9.73. The SMILES string of the molecule is CCN(CC(=O)Nc1ccc(N2CCOCC2)cc1)C(=O)C1(c2cccc(F)c2)CCOCC1. The van der Waals surface area contributed by atoms with Gasteiger partial charge in [-0.3, -0.25) is 9.59 Å². The molecule has 0 saturated carbocycles. The standard InChI is InChI=1S/C26H32FN3O4/c1-2-29(25(32)26(10-14-33-15-11-26)20-4-3-5-21(27)18-20)19-24(31)28-22-6-8-23(9-7-22)30-12-16-34-17-13-30/h3-9,18H,2,10-17,19H2,1H3,(H,28,31). The van der Waals surface area contributed by atoms with E-state index in [-0.39, 0.29) is 24.2 Å². The van der Waals surface area contributed by atoms with Gasteiger partial charge in [0, 0.05) is 44.2 Å². The van der Waals surface area contributed by atoms with E-state index < -0.39 is 5.41 Å². The van der Waals surface area contributed by atoms with Gasteiger partial charge in [-0.05, 0) is 61.7 Å². The molecule has 182 valence electrons. The van der Waals surface area contributed by atoms with Crippen LogP contribution in [0.15, 0.2) is 48.5 Å². The largest absolute Gasteiger partial charge is 0.381 e. The van der Waals surface area contributed by atoms with Crippen molar-refractivity contribution in [3.8, 4) is 0 Å². The number of hydrogen-bond acceptors (Lipinski definition) is 5. The lowest BCUT2D eigenvalue weighted by Gasteiger charge is -2.39. The Bertz CT molecular complexity index is 986. The number of carbonyl (C=O) groups is 2. The van der Waals surface area contributed by atoms with Crippen LogP contribution in [0, 0.1) is 5.82 Å². The average Bonchev–Trinajstić information content (AvgIpc) is 2.88. The number of benzene rings is 2. The molecule has 2 fully saturated rings. The Hall–Kier alpha value is -2.97. The molecule has 34 heavy (non-hydrogen) atoms. The number of hydrogen-bond donors (Lipinski definition) is 1. The summed E-state index contributed by atoms with van der Waals surface area (Å²) in [6.07, 6.45) is 0.910. The van der Waals surface area contributed by atoms with Crippen molar-refractivity contribution in [2.75, 3.05) is 62.8 Å². The van der Waals surface area contributed by atoms with Crippen molar-refractivity contribution in [2.24, 2.45) is 0 Å². The quantitative estimate of drug-likeness (QED) is 0.675. The fourth-order valence-electron chi connectivity index (χ4n) is 4.71. The van der Waals surface area contributed by atoms with Gasteiger partial charge in [-0.1, -0.05) is 12.1 Å². The molecule has 2 aromatic carbocycles. The number of morpholine rings is 1. The molecule has 0 atom stereocenters. The monoisotopic (exact) mass is 469 g/mol. The Morgan fingerprint density at radius 2 is 1.71 bits per heavy atom. The zero-order valence-corrected chi connectivity index (χ0v) is 19.6. The highest BCUT2D eigenvalue weighted by Crippen LogP contribution is 2.37. The molecule has 0 bridgehead atoms. The van der Waals surface area contributed by atoms with Crippen LogP contribution in [0.4, 0.5) is 15.8 Å². The fourth-order valence-corrected chi connectivity index (χ4v) is 4.71. The van der Waals surface area contributed by atoms with Crippen molar-refractivity contribution in [1.82, 2.24) is 4.90 Å². The summed E-state index contributed by atoms with van der Waals surface area (Å²) in [5, 5.41) is 2.90. The van der Waals surface area contributed by atoms with Crippen molar-refractivity contribution in [2.45, 2.75) is 25.2 Å². The second-order valence-corrected chi connectivity index (χ2v) is 8.72. The first-order valence-electron chi connectivity index (χ1n) is 11.9. The molecule has 7 nitrogen and oxygen atoms in total. The van der Waals surface area contributed by atoms with E-state index in [9.17, 15) is 14.0 Å². The molecule has 0 radical (unpaired) electrons. The highest BCUT2D eigenvalue weighted by atomic mass is 19.1. The second-order valence-electron chi connectivity index (χ2n) is 8.72. The Morgan fingerprint density at radius 1 is 1.03 bits per heavy atom. The molecule has 2 aliphatic rings. The van der Waals surface area contributed by atoms with E-state index >= 15 is 0 Å². The van der Waals surface area contributed by atoms with Crippen LogP contribution in [0.1, 0.15) is 25.3 Å². The highest BCUT2D eigenvalue weighted by Gasteiger charge is 2.44. The Balaban J connectivity index is 1.44. The molecule has 0 aromatic heterocycles. The summed E-state index contributed by atoms with van der Waals surface area (Å²) in [4.78, 5) is 30.3. The molecule has 2 aliphatic heterocycles. The van der Waals surface area contributed by atoms with E-state index in [0.29, 0.717) is 57.1 Å². The van der Waals surface area contributed by atoms with Crippen molar-refractivity contribution < 1.29 is 23.5 Å². The lowest BCUT2D eigenvalue weighted by Crippen LogP contribution is -2.51. The van der Waals surface area contributed by atoms with Gasteiger partial charge in [-0.25, -0.2) is 4.39 Å². The van der Waals surface area contributed by atoms with Crippen molar-refractivity contribution in [1.29, 1.82) is 0 Å². The number of nitrogens with one attached hydrogen (secondary N) is 1. The third-order valence-corrected chi connectivity index (χ3v) is 6.66. The third kappa shape index (κ3) is 5.39. The zero-order valence-electron chi connectivity index (χ0n) is 19.6. The minimum absolute atomic E-state index is 0.0710. The first kappa shape index (κ1) is 24.2. The van der Waals surface area contributed by atoms with E-state index in [1.165, 1.54) is 12.1 Å². The minimum atomic E-state index is -0.892. The number of amides is 2. The topological polar surface area (TPSA) is 71.1 Å². The highest BCUT2D eigenvalue weighted by molar-refractivity contribution is 5.97. The predicted octanol–water partition coefficient (Wildman–Crippen LogP) is 3.20. The van der Waals surface area contributed by atoms with Crippen LogP contribution in [0.25, 0.3) is 0 Å². The maximum absolute atomic E-state index is 14.0.